The van der Waals surface area contributed by atoms with Crippen LogP contribution in [-0.2, 0) is 4.74 Å². The zero-order chi connectivity index (χ0) is 9.14. The molecule has 0 fully saturated rings. The first-order chi connectivity index (χ1) is 5.63. The van der Waals surface area contributed by atoms with E-state index in [1.807, 2.05) is 0 Å². The Hall–Kier alpha value is -0.670. The predicted octanol–water partition coefficient (Wildman–Crippen LogP) is 2.42. The number of halogens is 1. The van der Waals surface area contributed by atoms with Gasteiger partial charge in [-0.3, -0.25) is 0 Å². The third kappa shape index (κ3) is 2.16. The number of methoxy groups -OCH3 is 1. The summed E-state index contributed by atoms with van der Waals surface area (Å²) in [4.78, 5) is 11.6. The van der Waals surface area contributed by atoms with E-state index < -0.39 is 5.97 Å². The van der Waals surface area contributed by atoms with Gasteiger partial charge in [0.15, 0.2) is 0 Å². The molecule has 0 saturated heterocycles. The summed E-state index contributed by atoms with van der Waals surface area (Å²) in [5.41, 5.74) is 0.412. The number of benzene rings is 1. The lowest BCUT2D eigenvalue weighted by Gasteiger charge is -2.00. The first kappa shape index (κ1) is 9.42. The predicted molar refractivity (Wildman–Crippen MR) is 50.0 cm³/mol. The van der Waals surface area contributed by atoms with Gasteiger partial charge in [-0.2, -0.15) is 0 Å². The third-order valence-electron chi connectivity index (χ3n) is 1.30. The fraction of sp³-hybridized carbons (Fsp3) is 0.125. The highest BCUT2D eigenvalue weighted by Gasteiger charge is 2.06. The Morgan fingerprint density at radius 3 is 2.67 bits per heavy atom. The van der Waals surface area contributed by atoms with Gasteiger partial charge in [0.05, 0.1) is 12.7 Å². The molecule has 4 heteroatoms. The maximum Gasteiger partial charge on any atom is 0.337 e. The number of hydrogen-bond acceptors (Lipinski definition) is 3. The zero-order valence-corrected chi connectivity index (χ0v) is 8.02. The van der Waals surface area contributed by atoms with E-state index in [0.29, 0.717) is 15.5 Å². The number of ether oxygens (including phenoxy) is 1. The number of rotatable bonds is 1. The van der Waals surface area contributed by atoms with Crippen LogP contribution in [0.25, 0.3) is 0 Å². The molecular formula is C8H7ClO2S. The monoisotopic (exact) mass is 202 g/mol. The molecule has 0 aliphatic rings. The van der Waals surface area contributed by atoms with Gasteiger partial charge in [0.25, 0.3) is 0 Å². The Labute approximate surface area is 80.9 Å². The minimum Gasteiger partial charge on any atom is -0.465 e. The summed E-state index contributed by atoms with van der Waals surface area (Å²) in [6.07, 6.45) is 0. The molecule has 2 nitrogen and oxygen atoms in total. The first-order valence-electron chi connectivity index (χ1n) is 3.21. The second-order valence-corrected chi connectivity index (χ2v) is 3.14. The standard InChI is InChI=1S/C8H7ClO2S/c1-11-8(10)5-2-6(9)4-7(12)3-5/h2-4,12H,1H3. The van der Waals surface area contributed by atoms with Crippen molar-refractivity contribution in [3.05, 3.63) is 28.8 Å². The number of thiol groups is 1. The molecule has 0 atom stereocenters. The van der Waals surface area contributed by atoms with E-state index in [4.69, 9.17) is 11.6 Å². The molecule has 0 bridgehead atoms. The lowest BCUT2D eigenvalue weighted by molar-refractivity contribution is 0.0600. The SMILES string of the molecule is COC(=O)c1cc(S)cc(Cl)c1. The molecule has 1 aromatic carbocycles. The Bertz CT molecular complexity index is 292. The van der Waals surface area contributed by atoms with E-state index in [2.05, 4.69) is 17.4 Å². The molecule has 0 aromatic heterocycles. The van der Waals surface area contributed by atoms with E-state index in [1.165, 1.54) is 13.2 Å². The lowest BCUT2D eigenvalue weighted by atomic mass is 10.2. The number of carbonyl (C=O) groups is 1. The zero-order valence-electron chi connectivity index (χ0n) is 6.37. The summed E-state index contributed by atoms with van der Waals surface area (Å²) in [5.74, 6) is -0.409. The van der Waals surface area contributed by atoms with Crippen molar-refractivity contribution in [1.29, 1.82) is 0 Å². The molecule has 0 heterocycles. The molecule has 64 valence electrons. The van der Waals surface area contributed by atoms with Crippen LogP contribution in [0, 0.1) is 0 Å². The van der Waals surface area contributed by atoms with Gasteiger partial charge in [0.1, 0.15) is 0 Å². The van der Waals surface area contributed by atoms with Crippen molar-refractivity contribution < 1.29 is 9.53 Å². The van der Waals surface area contributed by atoms with Gasteiger partial charge < -0.3 is 4.74 Å². The Kier molecular flexibility index (Phi) is 3.00. The highest BCUT2D eigenvalue weighted by atomic mass is 35.5. The second-order valence-electron chi connectivity index (χ2n) is 2.19. The van der Waals surface area contributed by atoms with E-state index >= 15 is 0 Å². The molecule has 12 heavy (non-hydrogen) atoms. The maximum absolute atomic E-state index is 11.0. The molecule has 0 unspecified atom stereocenters. The quantitative estimate of drug-likeness (QED) is 0.559. The minimum atomic E-state index is -0.409. The third-order valence-corrected chi connectivity index (χ3v) is 1.78. The second kappa shape index (κ2) is 3.83. The number of hydrogen-bond donors (Lipinski definition) is 1. The Morgan fingerprint density at radius 2 is 2.17 bits per heavy atom. The Morgan fingerprint density at radius 1 is 1.50 bits per heavy atom. The number of esters is 1. The molecule has 0 N–H and O–H groups in total. The van der Waals surface area contributed by atoms with Crippen LogP contribution in [0.3, 0.4) is 0 Å². The lowest BCUT2D eigenvalue weighted by Crippen LogP contribution is -2.00. The maximum atomic E-state index is 11.0. The number of carbonyl (C=O) groups excluding carboxylic acids is 1. The van der Waals surface area contributed by atoms with Crippen LogP contribution in [0.1, 0.15) is 10.4 Å². The van der Waals surface area contributed by atoms with Crippen molar-refractivity contribution in [2.45, 2.75) is 4.90 Å². The van der Waals surface area contributed by atoms with Crippen molar-refractivity contribution in [3.63, 3.8) is 0 Å². The van der Waals surface area contributed by atoms with E-state index in [9.17, 15) is 4.79 Å². The summed E-state index contributed by atoms with van der Waals surface area (Å²) >= 11 is 9.76. The fourth-order valence-electron chi connectivity index (χ4n) is 0.810. The Balaban J connectivity index is 3.08. The summed E-state index contributed by atoms with van der Waals surface area (Å²) in [5, 5.41) is 0.475. The van der Waals surface area contributed by atoms with Crippen LogP contribution in [-0.4, -0.2) is 13.1 Å². The van der Waals surface area contributed by atoms with E-state index in [0.717, 1.165) is 0 Å². The van der Waals surface area contributed by atoms with Gasteiger partial charge in [0, 0.05) is 9.92 Å². The van der Waals surface area contributed by atoms with Crippen LogP contribution in [0.15, 0.2) is 23.1 Å². The van der Waals surface area contributed by atoms with Gasteiger partial charge in [-0.15, -0.1) is 12.6 Å². The smallest absolute Gasteiger partial charge is 0.337 e. The average molecular weight is 203 g/mol. The van der Waals surface area contributed by atoms with E-state index in [1.54, 1.807) is 12.1 Å². The molecule has 1 aromatic rings. The highest BCUT2D eigenvalue weighted by molar-refractivity contribution is 7.80. The fourth-order valence-corrected chi connectivity index (χ4v) is 1.40. The van der Waals surface area contributed by atoms with Gasteiger partial charge in [-0.1, -0.05) is 11.6 Å². The topological polar surface area (TPSA) is 26.3 Å². The normalized spacial score (nSPS) is 9.58. The largest absolute Gasteiger partial charge is 0.465 e. The van der Waals surface area contributed by atoms with Gasteiger partial charge >= 0.3 is 5.97 Å². The van der Waals surface area contributed by atoms with Gasteiger partial charge in [-0.25, -0.2) is 4.79 Å². The molecule has 0 aliphatic heterocycles. The van der Waals surface area contributed by atoms with Crippen molar-refractivity contribution >= 4 is 30.2 Å². The van der Waals surface area contributed by atoms with Crippen molar-refractivity contribution in [3.8, 4) is 0 Å². The van der Waals surface area contributed by atoms with Crippen LogP contribution >= 0.6 is 24.2 Å². The molecule has 0 radical (unpaired) electrons. The van der Waals surface area contributed by atoms with Crippen LogP contribution in [0.2, 0.25) is 5.02 Å². The van der Waals surface area contributed by atoms with Crippen LogP contribution in [0.4, 0.5) is 0 Å². The minimum absolute atomic E-state index is 0.409. The first-order valence-corrected chi connectivity index (χ1v) is 4.04. The summed E-state index contributed by atoms with van der Waals surface area (Å²) < 4.78 is 4.51. The van der Waals surface area contributed by atoms with Crippen LogP contribution in [0.5, 0.6) is 0 Å². The van der Waals surface area contributed by atoms with Crippen molar-refractivity contribution in [2.24, 2.45) is 0 Å². The molecule has 0 aliphatic carbocycles. The highest BCUT2D eigenvalue weighted by Crippen LogP contribution is 2.18. The summed E-state index contributed by atoms with van der Waals surface area (Å²) in [6.45, 7) is 0. The summed E-state index contributed by atoms with van der Waals surface area (Å²) in [6, 6.07) is 4.78. The van der Waals surface area contributed by atoms with Gasteiger partial charge in [0.2, 0.25) is 0 Å². The van der Waals surface area contributed by atoms with Crippen molar-refractivity contribution in [1.82, 2.24) is 0 Å². The average Bonchev–Trinajstić information content (AvgIpc) is 2.01. The molecule has 1 rings (SSSR count). The van der Waals surface area contributed by atoms with E-state index in [-0.39, 0.29) is 0 Å². The van der Waals surface area contributed by atoms with Gasteiger partial charge in [-0.05, 0) is 18.2 Å². The molecule has 0 spiro atoms. The van der Waals surface area contributed by atoms with Crippen LogP contribution < -0.4 is 0 Å². The molecule has 0 amide bonds. The molecular weight excluding hydrogens is 196 g/mol. The van der Waals surface area contributed by atoms with Crippen molar-refractivity contribution in [2.75, 3.05) is 7.11 Å². The molecule has 0 saturated carbocycles. The summed E-state index contributed by atoms with van der Waals surface area (Å²) in [7, 11) is 1.32.